The van der Waals surface area contributed by atoms with Gasteiger partial charge in [-0.05, 0) is 31.2 Å². The number of nitrogens with zero attached hydrogens (tertiary/aromatic N) is 4. The van der Waals surface area contributed by atoms with Crippen LogP contribution in [0.3, 0.4) is 0 Å². The lowest BCUT2D eigenvalue weighted by molar-refractivity contribution is 0.850. The van der Waals surface area contributed by atoms with E-state index in [0.29, 0.717) is 10.3 Å². The molecule has 2 aromatic rings. The third-order valence-corrected chi connectivity index (χ3v) is 3.56. The molecule has 4 nitrogen and oxygen atoms in total. The fourth-order valence-electron chi connectivity index (χ4n) is 1.49. The molecule has 2 rings (SSSR count). The molecule has 2 aromatic heterocycles. The standard InChI is InChI=1S/C12H13ClN4S/c1-3-4-9-10(13)15-7-16-11(9)18-12-14-6-5-8(2)17-12/h5-7H,3-4H2,1-2H3. The molecule has 0 radical (unpaired) electrons. The van der Waals surface area contributed by atoms with Gasteiger partial charge in [-0.25, -0.2) is 19.9 Å². The Morgan fingerprint density at radius 1 is 1.28 bits per heavy atom. The summed E-state index contributed by atoms with van der Waals surface area (Å²) in [5, 5.41) is 2.03. The van der Waals surface area contributed by atoms with E-state index < -0.39 is 0 Å². The summed E-state index contributed by atoms with van der Waals surface area (Å²) in [6, 6.07) is 1.87. The molecule has 0 saturated carbocycles. The maximum absolute atomic E-state index is 6.10. The Labute approximate surface area is 115 Å². The Morgan fingerprint density at radius 3 is 2.83 bits per heavy atom. The van der Waals surface area contributed by atoms with E-state index in [9.17, 15) is 0 Å². The summed E-state index contributed by atoms with van der Waals surface area (Å²) >= 11 is 7.53. The van der Waals surface area contributed by atoms with Gasteiger partial charge in [-0.1, -0.05) is 24.9 Å². The van der Waals surface area contributed by atoms with Gasteiger partial charge in [0.25, 0.3) is 0 Å². The van der Waals surface area contributed by atoms with E-state index >= 15 is 0 Å². The fourth-order valence-corrected chi connectivity index (χ4v) is 2.67. The Hall–Kier alpha value is -1.20. The highest BCUT2D eigenvalue weighted by Gasteiger charge is 2.11. The minimum absolute atomic E-state index is 0.516. The molecule has 6 heteroatoms. The van der Waals surface area contributed by atoms with Crippen molar-refractivity contribution in [2.75, 3.05) is 0 Å². The quantitative estimate of drug-likeness (QED) is 0.635. The topological polar surface area (TPSA) is 51.6 Å². The second-order valence-electron chi connectivity index (χ2n) is 3.78. The lowest BCUT2D eigenvalue weighted by Crippen LogP contribution is -1.97. The average Bonchev–Trinajstić information content (AvgIpc) is 2.34. The smallest absolute Gasteiger partial charge is 0.194 e. The van der Waals surface area contributed by atoms with E-state index in [4.69, 9.17) is 11.6 Å². The van der Waals surface area contributed by atoms with Gasteiger partial charge in [-0.3, -0.25) is 0 Å². The summed E-state index contributed by atoms with van der Waals surface area (Å²) in [4.78, 5) is 16.9. The third-order valence-electron chi connectivity index (χ3n) is 2.31. The number of rotatable bonds is 4. The number of halogens is 1. The van der Waals surface area contributed by atoms with Crippen molar-refractivity contribution in [1.29, 1.82) is 0 Å². The molecule has 0 bridgehead atoms. The molecule has 94 valence electrons. The van der Waals surface area contributed by atoms with Gasteiger partial charge >= 0.3 is 0 Å². The van der Waals surface area contributed by atoms with E-state index in [0.717, 1.165) is 29.1 Å². The van der Waals surface area contributed by atoms with Gasteiger partial charge in [0.15, 0.2) is 5.16 Å². The molecule has 0 aromatic carbocycles. The van der Waals surface area contributed by atoms with Gasteiger partial charge < -0.3 is 0 Å². The van der Waals surface area contributed by atoms with Crippen molar-refractivity contribution >= 4 is 23.4 Å². The molecule has 0 saturated heterocycles. The van der Waals surface area contributed by atoms with Gasteiger partial charge in [0.1, 0.15) is 16.5 Å². The summed E-state index contributed by atoms with van der Waals surface area (Å²) in [5.41, 5.74) is 1.90. The first-order chi connectivity index (χ1) is 8.70. The zero-order chi connectivity index (χ0) is 13.0. The minimum Gasteiger partial charge on any atom is -0.231 e. The lowest BCUT2D eigenvalue weighted by Gasteiger charge is -2.07. The van der Waals surface area contributed by atoms with Crippen LogP contribution in [0.15, 0.2) is 28.8 Å². The van der Waals surface area contributed by atoms with Gasteiger partial charge in [0, 0.05) is 17.5 Å². The second kappa shape index (κ2) is 6.11. The SMILES string of the molecule is CCCc1c(Cl)ncnc1Sc1nccc(C)n1. The van der Waals surface area contributed by atoms with Crippen LogP contribution in [0.1, 0.15) is 24.6 Å². The van der Waals surface area contributed by atoms with Crippen LogP contribution in [0, 0.1) is 6.92 Å². The fraction of sp³-hybridized carbons (Fsp3) is 0.333. The van der Waals surface area contributed by atoms with Crippen molar-refractivity contribution in [2.45, 2.75) is 36.9 Å². The predicted octanol–water partition coefficient (Wildman–Crippen LogP) is 3.33. The summed E-state index contributed by atoms with van der Waals surface area (Å²) in [7, 11) is 0. The Kier molecular flexibility index (Phi) is 4.49. The predicted molar refractivity (Wildman–Crippen MR) is 71.9 cm³/mol. The molecule has 0 aliphatic heterocycles. The normalized spacial score (nSPS) is 10.6. The summed E-state index contributed by atoms with van der Waals surface area (Å²) in [5.74, 6) is 0. The molecular formula is C12H13ClN4S. The van der Waals surface area contributed by atoms with E-state index in [1.54, 1.807) is 6.20 Å². The van der Waals surface area contributed by atoms with Gasteiger partial charge in [-0.2, -0.15) is 0 Å². The minimum atomic E-state index is 0.516. The molecule has 0 unspecified atom stereocenters. The lowest BCUT2D eigenvalue weighted by atomic mass is 10.2. The molecule has 18 heavy (non-hydrogen) atoms. The zero-order valence-corrected chi connectivity index (χ0v) is 11.8. The van der Waals surface area contributed by atoms with Crippen molar-refractivity contribution in [3.05, 3.63) is 35.0 Å². The van der Waals surface area contributed by atoms with Crippen molar-refractivity contribution in [1.82, 2.24) is 19.9 Å². The molecule has 0 amide bonds. The van der Waals surface area contributed by atoms with Crippen LogP contribution in [0.25, 0.3) is 0 Å². The van der Waals surface area contributed by atoms with Gasteiger partial charge in [-0.15, -0.1) is 0 Å². The maximum atomic E-state index is 6.10. The van der Waals surface area contributed by atoms with Crippen molar-refractivity contribution < 1.29 is 0 Å². The number of hydrogen-bond donors (Lipinski definition) is 0. The van der Waals surface area contributed by atoms with Crippen LogP contribution >= 0.6 is 23.4 Å². The molecule has 0 N–H and O–H groups in total. The van der Waals surface area contributed by atoms with E-state index in [1.165, 1.54) is 18.1 Å². The largest absolute Gasteiger partial charge is 0.231 e. The molecule has 0 aliphatic carbocycles. The third kappa shape index (κ3) is 3.17. The Morgan fingerprint density at radius 2 is 2.11 bits per heavy atom. The first-order valence-corrected chi connectivity index (χ1v) is 6.87. The first kappa shape index (κ1) is 13.2. The van der Waals surface area contributed by atoms with E-state index in [1.807, 2.05) is 13.0 Å². The highest BCUT2D eigenvalue weighted by Crippen LogP contribution is 2.29. The summed E-state index contributed by atoms with van der Waals surface area (Å²) in [6.45, 7) is 4.03. The van der Waals surface area contributed by atoms with E-state index in [2.05, 4.69) is 26.9 Å². The zero-order valence-electron chi connectivity index (χ0n) is 10.2. The molecule has 0 atom stereocenters. The molecule has 2 heterocycles. The Balaban J connectivity index is 2.31. The molecule has 0 aliphatic rings. The Bertz CT molecular complexity index is 547. The van der Waals surface area contributed by atoms with Gasteiger partial charge in [0.2, 0.25) is 0 Å². The highest BCUT2D eigenvalue weighted by molar-refractivity contribution is 7.99. The van der Waals surface area contributed by atoms with Crippen LogP contribution in [0.2, 0.25) is 5.15 Å². The van der Waals surface area contributed by atoms with E-state index in [-0.39, 0.29) is 0 Å². The summed E-state index contributed by atoms with van der Waals surface area (Å²) < 4.78 is 0. The van der Waals surface area contributed by atoms with Gasteiger partial charge in [0.05, 0.1) is 0 Å². The highest BCUT2D eigenvalue weighted by atomic mass is 35.5. The maximum Gasteiger partial charge on any atom is 0.194 e. The molecule has 0 spiro atoms. The molecule has 0 fully saturated rings. The number of aryl methyl sites for hydroxylation is 1. The average molecular weight is 281 g/mol. The first-order valence-electron chi connectivity index (χ1n) is 5.67. The number of hydrogen-bond acceptors (Lipinski definition) is 5. The van der Waals surface area contributed by atoms with Crippen LogP contribution in [0.5, 0.6) is 0 Å². The van der Waals surface area contributed by atoms with Crippen molar-refractivity contribution in [3.63, 3.8) is 0 Å². The summed E-state index contributed by atoms with van der Waals surface area (Å²) in [6.07, 6.45) is 5.07. The van der Waals surface area contributed by atoms with Crippen LogP contribution in [0.4, 0.5) is 0 Å². The van der Waals surface area contributed by atoms with Crippen LogP contribution in [-0.2, 0) is 6.42 Å². The van der Waals surface area contributed by atoms with Crippen LogP contribution in [-0.4, -0.2) is 19.9 Å². The van der Waals surface area contributed by atoms with Crippen LogP contribution < -0.4 is 0 Å². The van der Waals surface area contributed by atoms with Crippen molar-refractivity contribution in [2.24, 2.45) is 0 Å². The number of aromatic nitrogens is 4. The molecular weight excluding hydrogens is 268 g/mol. The monoisotopic (exact) mass is 280 g/mol. The second-order valence-corrected chi connectivity index (χ2v) is 5.09. The van der Waals surface area contributed by atoms with Crippen molar-refractivity contribution in [3.8, 4) is 0 Å².